The van der Waals surface area contributed by atoms with Crippen molar-refractivity contribution in [2.45, 2.75) is 61.7 Å². The molecule has 1 aliphatic carbocycles. The summed E-state index contributed by atoms with van der Waals surface area (Å²) in [6.07, 6.45) is -8.83. The number of ether oxygens (including phenoxy) is 2. The van der Waals surface area contributed by atoms with Crippen LogP contribution in [-0.4, -0.2) is 36.6 Å². The Morgan fingerprint density at radius 1 is 0.892 bits per heavy atom. The van der Waals surface area contributed by atoms with Crippen LogP contribution in [-0.2, 0) is 32.2 Å². The summed E-state index contributed by atoms with van der Waals surface area (Å²) in [5, 5.41) is 12.5. The van der Waals surface area contributed by atoms with E-state index >= 15 is 0 Å². The Bertz CT molecular complexity index is 1050. The molecule has 1 atom stereocenters. The molecule has 1 saturated heterocycles. The van der Waals surface area contributed by atoms with Crippen LogP contribution in [0.4, 0.5) is 26.3 Å². The van der Waals surface area contributed by atoms with Crippen LogP contribution in [0, 0.1) is 0 Å². The lowest BCUT2D eigenvalue weighted by atomic mass is 9.73. The molecule has 4 rings (SSSR count). The van der Waals surface area contributed by atoms with Gasteiger partial charge in [0, 0.05) is 19.4 Å². The number of alkyl halides is 6. The Hall–Kier alpha value is -2.63. The van der Waals surface area contributed by atoms with E-state index in [-0.39, 0.29) is 12.5 Å². The minimum absolute atomic E-state index is 0.0189. The van der Waals surface area contributed by atoms with Gasteiger partial charge in [0.2, 0.25) is 5.91 Å². The van der Waals surface area contributed by atoms with Gasteiger partial charge in [-0.2, -0.15) is 26.3 Å². The van der Waals surface area contributed by atoms with E-state index in [1.54, 1.807) is 18.2 Å². The summed E-state index contributed by atoms with van der Waals surface area (Å²) >= 11 is 0. The monoisotopic (exact) mass is 531 g/mol. The number of aliphatic hydroxyl groups is 1. The number of carbonyl (C=O) groups is 1. The number of halogens is 6. The highest BCUT2D eigenvalue weighted by Crippen LogP contribution is 2.46. The summed E-state index contributed by atoms with van der Waals surface area (Å²) < 4.78 is 92.2. The van der Waals surface area contributed by atoms with Gasteiger partial charge < -0.3 is 19.9 Å². The van der Waals surface area contributed by atoms with E-state index in [0.29, 0.717) is 51.0 Å². The summed E-state index contributed by atoms with van der Waals surface area (Å²) in [4.78, 5) is 13.6. The molecule has 1 amide bonds. The Kier molecular flexibility index (Phi) is 7.60. The van der Waals surface area contributed by atoms with Crippen molar-refractivity contribution in [2.24, 2.45) is 0 Å². The van der Waals surface area contributed by atoms with Crippen LogP contribution in [0.5, 0.6) is 0 Å². The van der Waals surface area contributed by atoms with Crippen molar-refractivity contribution in [1.29, 1.82) is 0 Å². The average molecular weight is 531 g/mol. The molecule has 202 valence electrons. The zero-order chi connectivity index (χ0) is 26.9. The normalized spacial score (nSPS) is 20.1. The number of rotatable bonds is 6. The van der Waals surface area contributed by atoms with Gasteiger partial charge in [-0.25, -0.2) is 0 Å². The molecule has 2 aromatic carbocycles. The second-order valence-corrected chi connectivity index (χ2v) is 9.45. The molecule has 0 aromatic heterocycles. The highest BCUT2D eigenvalue weighted by Gasteiger charge is 2.48. The molecule has 1 heterocycles. The third-order valence-corrected chi connectivity index (χ3v) is 7.11. The van der Waals surface area contributed by atoms with Crippen LogP contribution in [0.2, 0.25) is 0 Å². The topological polar surface area (TPSA) is 67.8 Å². The van der Waals surface area contributed by atoms with Crippen molar-refractivity contribution in [2.75, 3.05) is 19.8 Å². The largest absolute Gasteiger partial charge is 0.416 e. The molecule has 37 heavy (non-hydrogen) atoms. The molecule has 2 aliphatic rings. The number of nitrogens with one attached hydrogen (secondary N) is 1. The molecule has 0 bridgehead atoms. The van der Waals surface area contributed by atoms with Gasteiger partial charge in [0.25, 0.3) is 0 Å². The van der Waals surface area contributed by atoms with Gasteiger partial charge in [0.1, 0.15) is 0 Å². The quantitative estimate of drug-likeness (QED) is 0.482. The van der Waals surface area contributed by atoms with Crippen molar-refractivity contribution < 1.29 is 45.7 Å². The van der Waals surface area contributed by atoms with Gasteiger partial charge in [-0.1, -0.05) is 30.3 Å². The Balaban J connectivity index is 1.69. The maximum absolute atomic E-state index is 13.6. The van der Waals surface area contributed by atoms with Gasteiger partial charge in [0.05, 0.1) is 35.8 Å². The molecular weight excluding hydrogens is 504 g/mol. The highest BCUT2D eigenvalue weighted by molar-refractivity contribution is 5.84. The number of hydrogen-bond donors (Lipinski definition) is 2. The lowest BCUT2D eigenvalue weighted by Crippen LogP contribution is -2.53. The van der Waals surface area contributed by atoms with Gasteiger partial charge in [0.15, 0.2) is 5.79 Å². The van der Waals surface area contributed by atoms with E-state index in [4.69, 9.17) is 9.47 Å². The van der Waals surface area contributed by atoms with Crippen LogP contribution in [0.15, 0.2) is 48.5 Å². The zero-order valence-corrected chi connectivity index (χ0v) is 19.8. The fourth-order valence-corrected chi connectivity index (χ4v) is 5.17. The predicted molar refractivity (Wildman–Crippen MR) is 120 cm³/mol. The van der Waals surface area contributed by atoms with Crippen LogP contribution < -0.4 is 5.32 Å². The third-order valence-electron chi connectivity index (χ3n) is 7.11. The number of aliphatic hydroxyl groups excluding tert-OH is 1. The fourth-order valence-electron chi connectivity index (χ4n) is 5.17. The van der Waals surface area contributed by atoms with E-state index < -0.39 is 58.8 Å². The van der Waals surface area contributed by atoms with Crippen LogP contribution in [0.1, 0.15) is 60.3 Å². The maximum atomic E-state index is 13.6. The summed E-state index contributed by atoms with van der Waals surface area (Å²) in [6, 6.07) is 10.1. The first-order chi connectivity index (χ1) is 17.4. The zero-order valence-electron chi connectivity index (χ0n) is 19.8. The van der Waals surface area contributed by atoms with E-state index in [9.17, 15) is 36.2 Å². The second-order valence-electron chi connectivity index (χ2n) is 9.45. The molecule has 1 aliphatic heterocycles. The second kappa shape index (κ2) is 10.3. The average Bonchev–Trinajstić information content (AvgIpc) is 3.31. The van der Waals surface area contributed by atoms with Crippen molar-refractivity contribution >= 4 is 5.91 Å². The van der Waals surface area contributed by atoms with Crippen molar-refractivity contribution in [3.63, 3.8) is 0 Å². The number of benzene rings is 2. The number of hydrogen-bond acceptors (Lipinski definition) is 4. The minimum atomic E-state index is -5.06. The van der Waals surface area contributed by atoms with Crippen LogP contribution in [0.3, 0.4) is 0 Å². The Morgan fingerprint density at radius 3 is 1.92 bits per heavy atom. The number of amides is 1. The molecule has 1 spiro atoms. The summed E-state index contributed by atoms with van der Waals surface area (Å²) in [6.45, 7) is 0.277. The van der Waals surface area contributed by atoms with Crippen molar-refractivity contribution in [3.05, 3.63) is 70.8 Å². The highest BCUT2D eigenvalue weighted by atomic mass is 19.4. The third kappa shape index (κ3) is 5.94. The van der Waals surface area contributed by atoms with Crippen LogP contribution >= 0.6 is 0 Å². The van der Waals surface area contributed by atoms with Gasteiger partial charge in [-0.05, 0) is 48.6 Å². The summed E-state index contributed by atoms with van der Waals surface area (Å²) in [7, 11) is 0. The molecule has 5 nitrogen and oxygen atoms in total. The standard InChI is InChI=1S/C26H27F6NO4/c27-25(28,29)19-14-17(15-20(16-19)26(30,31)32)21(6-11-34)22(35)33-23(18-4-2-1-3-5-18)7-9-24(10-8-23)36-12-13-37-24/h1-5,14-16,21,34H,6-13H2,(H,33,35)/t21-/m0/s1. The van der Waals surface area contributed by atoms with Crippen molar-refractivity contribution in [1.82, 2.24) is 5.32 Å². The summed E-state index contributed by atoms with van der Waals surface area (Å²) in [5.74, 6) is -2.98. The Labute approximate surface area is 209 Å². The minimum Gasteiger partial charge on any atom is -0.396 e. The SMILES string of the molecule is O=C(NC1(c2ccccc2)CCC2(CC1)OCCO2)[C@@H](CCO)c1cc(C(F)(F)F)cc(C(F)(F)F)c1. The van der Waals surface area contributed by atoms with E-state index in [2.05, 4.69) is 5.32 Å². The van der Waals surface area contributed by atoms with Gasteiger partial charge >= 0.3 is 12.4 Å². The molecule has 2 N–H and O–H groups in total. The first-order valence-electron chi connectivity index (χ1n) is 11.9. The molecule has 0 radical (unpaired) electrons. The van der Waals surface area contributed by atoms with Gasteiger partial charge in [-0.15, -0.1) is 0 Å². The van der Waals surface area contributed by atoms with E-state index in [0.717, 1.165) is 5.56 Å². The molecule has 0 unspecified atom stereocenters. The maximum Gasteiger partial charge on any atom is 0.416 e. The number of carbonyl (C=O) groups excluding carboxylic acids is 1. The fraction of sp³-hybridized carbons (Fsp3) is 0.500. The molecular formula is C26H27F6NO4. The van der Waals surface area contributed by atoms with E-state index in [1.807, 2.05) is 12.1 Å². The first-order valence-corrected chi connectivity index (χ1v) is 11.9. The van der Waals surface area contributed by atoms with Crippen molar-refractivity contribution in [3.8, 4) is 0 Å². The Morgan fingerprint density at radius 2 is 1.43 bits per heavy atom. The van der Waals surface area contributed by atoms with Gasteiger partial charge in [-0.3, -0.25) is 4.79 Å². The molecule has 2 fully saturated rings. The summed E-state index contributed by atoms with van der Waals surface area (Å²) in [5.41, 5.74) is -3.69. The predicted octanol–water partition coefficient (Wildman–Crippen LogP) is 5.52. The lowest BCUT2D eigenvalue weighted by Gasteiger charge is -2.45. The molecule has 1 saturated carbocycles. The van der Waals surface area contributed by atoms with Crippen LogP contribution in [0.25, 0.3) is 0 Å². The first kappa shape index (κ1) is 27.4. The molecule has 11 heteroatoms. The lowest BCUT2D eigenvalue weighted by molar-refractivity contribution is -0.187. The van der Waals surface area contributed by atoms with E-state index in [1.165, 1.54) is 0 Å². The molecule has 2 aromatic rings. The smallest absolute Gasteiger partial charge is 0.396 e.